The van der Waals surface area contributed by atoms with E-state index in [9.17, 15) is 14.4 Å². The number of esters is 2. The number of piperidine rings is 1. The minimum absolute atomic E-state index is 0.116. The van der Waals surface area contributed by atoms with Gasteiger partial charge in [-0.2, -0.15) is 0 Å². The average Bonchev–Trinajstić information content (AvgIpc) is 3.27. The molecule has 2 aliphatic rings. The Morgan fingerprint density at radius 2 is 2.05 bits per heavy atom. The molecule has 1 saturated carbocycles. The monoisotopic (exact) mass is 600 g/mol. The number of carbonyl (C=O) groups is 3. The molecular weight excluding hydrogens is 568 g/mol. The highest BCUT2D eigenvalue weighted by molar-refractivity contribution is 9.10. The number of fused-ring (bicyclic) bond motifs is 1. The summed E-state index contributed by atoms with van der Waals surface area (Å²) < 4.78 is 12.6. The van der Waals surface area contributed by atoms with Crippen molar-refractivity contribution in [2.45, 2.75) is 56.6 Å². The van der Waals surface area contributed by atoms with Crippen LogP contribution in [0.5, 0.6) is 5.75 Å². The molecule has 4 rings (SSSR count). The maximum atomic E-state index is 12.9. The molecule has 1 aliphatic carbocycles. The van der Waals surface area contributed by atoms with Crippen molar-refractivity contribution in [2.24, 2.45) is 0 Å². The van der Waals surface area contributed by atoms with Gasteiger partial charge in [-0.25, -0.2) is 0 Å². The first-order chi connectivity index (χ1) is 18.1. The second-order valence-corrected chi connectivity index (χ2v) is 11.9. The first-order valence-corrected chi connectivity index (χ1v) is 14.4. The van der Waals surface area contributed by atoms with Crippen LogP contribution in [0.2, 0.25) is 0 Å². The summed E-state index contributed by atoms with van der Waals surface area (Å²) in [6, 6.07) is 9.34. The number of nitrogens with one attached hydrogen (secondary N) is 1. The molecule has 0 spiro atoms. The van der Waals surface area contributed by atoms with Crippen molar-refractivity contribution in [3.63, 3.8) is 0 Å². The van der Waals surface area contributed by atoms with Crippen LogP contribution in [0.15, 0.2) is 58.9 Å². The van der Waals surface area contributed by atoms with Crippen LogP contribution in [0.1, 0.15) is 50.0 Å². The molecule has 7 nitrogen and oxygen atoms in total. The Bertz CT molecular complexity index is 1240. The van der Waals surface area contributed by atoms with Gasteiger partial charge < -0.3 is 14.8 Å². The molecule has 38 heavy (non-hydrogen) atoms. The molecule has 2 fully saturated rings. The second kappa shape index (κ2) is 12.0. The second-order valence-electron chi connectivity index (χ2n) is 10.0. The number of carbonyl (C=O) groups excluding carboxylic acids is 3. The lowest BCUT2D eigenvalue weighted by molar-refractivity contribution is -0.186. The number of thiophene rings is 1. The molecule has 2 aromatic rings. The molecule has 3 atom stereocenters. The Kier molecular flexibility index (Phi) is 8.90. The Morgan fingerprint density at radius 1 is 1.24 bits per heavy atom. The van der Waals surface area contributed by atoms with Gasteiger partial charge in [-0.3, -0.25) is 19.3 Å². The minimum Gasteiger partial charge on any atom is -0.457 e. The molecule has 1 aliphatic heterocycles. The van der Waals surface area contributed by atoms with Gasteiger partial charge in [0.05, 0.1) is 0 Å². The van der Waals surface area contributed by atoms with Gasteiger partial charge in [-0.1, -0.05) is 18.2 Å². The zero-order valence-corrected chi connectivity index (χ0v) is 24.1. The first-order valence-electron chi connectivity index (χ1n) is 12.7. The van der Waals surface area contributed by atoms with Gasteiger partial charge in [0.25, 0.3) is 0 Å². The Balaban J connectivity index is 1.68. The van der Waals surface area contributed by atoms with E-state index in [1.54, 1.807) is 23.5 Å². The fourth-order valence-electron chi connectivity index (χ4n) is 5.99. The Hall–Kier alpha value is -2.75. The van der Waals surface area contributed by atoms with Gasteiger partial charge in [0.1, 0.15) is 11.4 Å². The summed E-state index contributed by atoms with van der Waals surface area (Å²) in [4.78, 5) is 40.3. The molecule has 0 bridgehead atoms. The maximum absolute atomic E-state index is 12.9. The molecule has 1 saturated heterocycles. The number of likely N-dealkylation sites (tertiary alicyclic amines) is 1. The van der Waals surface area contributed by atoms with Crippen LogP contribution in [0.4, 0.5) is 0 Å². The fourth-order valence-corrected chi connectivity index (χ4v) is 7.33. The Labute approximate surface area is 236 Å². The van der Waals surface area contributed by atoms with Crippen molar-refractivity contribution < 1.29 is 23.9 Å². The fraction of sp³-hybridized carbons (Fsp3) is 0.414. The summed E-state index contributed by atoms with van der Waals surface area (Å²) in [6.45, 7) is 8.74. The van der Waals surface area contributed by atoms with Crippen LogP contribution < -0.4 is 10.1 Å². The van der Waals surface area contributed by atoms with Crippen LogP contribution in [-0.2, 0) is 24.5 Å². The third-order valence-electron chi connectivity index (χ3n) is 7.41. The number of halogens is 1. The van der Waals surface area contributed by atoms with E-state index in [4.69, 9.17) is 9.47 Å². The molecular formula is C29H33BrN2O5S. The van der Waals surface area contributed by atoms with E-state index in [0.29, 0.717) is 44.5 Å². The normalized spacial score (nSPS) is 25.4. The van der Waals surface area contributed by atoms with Crippen molar-refractivity contribution in [1.29, 1.82) is 0 Å². The third kappa shape index (κ3) is 6.27. The van der Waals surface area contributed by atoms with Crippen LogP contribution in [-0.4, -0.2) is 54.0 Å². The number of amides is 1. The molecule has 1 amide bonds. The minimum atomic E-state index is -0.796. The molecule has 1 aromatic heterocycles. The van der Waals surface area contributed by atoms with Gasteiger partial charge in [0, 0.05) is 59.2 Å². The molecule has 1 N–H and O–H groups in total. The van der Waals surface area contributed by atoms with Crippen LogP contribution in [0.25, 0.3) is 6.08 Å². The summed E-state index contributed by atoms with van der Waals surface area (Å²) in [5.41, 5.74) is -0.436. The number of hydrogen-bond donors (Lipinski definition) is 1. The zero-order chi connectivity index (χ0) is 27.3. The lowest BCUT2D eigenvalue weighted by Gasteiger charge is -2.59. The molecule has 202 valence electrons. The van der Waals surface area contributed by atoms with E-state index in [1.165, 1.54) is 13.8 Å². The largest absolute Gasteiger partial charge is 0.457 e. The van der Waals surface area contributed by atoms with Gasteiger partial charge in [-0.05, 0) is 78.0 Å². The van der Waals surface area contributed by atoms with E-state index in [2.05, 4.69) is 32.7 Å². The van der Waals surface area contributed by atoms with Gasteiger partial charge in [0.15, 0.2) is 0 Å². The highest BCUT2D eigenvalue weighted by atomic mass is 79.9. The van der Waals surface area contributed by atoms with Crippen LogP contribution in [0.3, 0.4) is 0 Å². The number of hydrogen-bond acceptors (Lipinski definition) is 7. The molecule has 2 heterocycles. The third-order valence-corrected chi connectivity index (χ3v) is 9.06. The maximum Gasteiger partial charge on any atom is 0.308 e. The topological polar surface area (TPSA) is 84.9 Å². The highest BCUT2D eigenvalue weighted by Crippen LogP contribution is 2.54. The van der Waals surface area contributed by atoms with Crippen LogP contribution in [0, 0.1) is 0 Å². The van der Waals surface area contributed by atoms with Gasteiger partial charge in [0.2, 0.25) is 5.91 Å². The van der Waals surface area contributed by atoms with Crippen molar-refractivity contribution in [1.82, 2.24) is 10.2 Å². The van der Waals surface area contributed by atoms with E-state index in [-0.39, 0.29) is 17.9 Å². The smallest absolute Gasteiger partial charge is 0.308 e. The highest BCUT2D eigenvalue weighted by Gasteiger charge is 2.60. The van der Waals surface area contributed by atoms with Crippen molar-refractivity contribution in [2.75, 3.05) is 19.6 Å². The van der Waals surface area contributed by atoms with Crippen molar-refractivity contribution in [3.8, 4) is 5.75 Å². The molecule has 0 unspecified atom stereocenters. The van der Waals surface area contributed by atoms with Crippen LogP contribution >= 0.6 is 27.3 Å². The lowest BCUT2D eigenvalue weighted by atomic mass is 9.55. The summed E-state index contributed by atoms with van der Waals surface area (Å²) in [5.74, 6) is -0.443. The molecule has 1 aromatic carbocycles. The van der Waals surface area contributed by atoms with E-state index in [1.807, 2.05) is 41.8 Å². The zero-order valence-electron chi connectivity index (χ0n) is 21.7. The predicted octanol–water partition coefficient (Wildman–Crippen LogP) is 5.25. The van der Waals surface area contributed by atoms with Crippen molar-refractivity contribution >= 4 is 51.2 Å². The SMILES string of the molecule is C=CCN1CC[C@@]2(c3cccc(OC(C)=O)c3)C[C@H](NC(=O)C=Cc3cc(Br)cs3)CC[C@]2(OC(C)=O)C1. The van der Waals surface area contributed by atoms with Gasteiger partial charge in [-0.15, -0.1) is 17.9 Å². The predicted molar refractivity (Wildman–Crippen MR) is 152 cm³/mol. The average molecular weight is 602 g/mol. The van der Waals surface area contributed by atoms with E-state index in [0.717, 1.165) is 21.5 Å². The summed E-state index contributed by atoms with van der Waals surface area (Å²) in [7, 11) is 0. The first kappa shape index (κ1) is 28.3. The summed E-state index contributed by atoms with van der Waals surface area (Å²) in [5, 5.41) is 5.16. The van der Waals surface area contributed by atoms with Gasteiger partial charge >= 0.3 is 11.9 Å². The number of rotatable bonds is 8. The summed E-state index contributed by atoms with van der Waals surface area (Å²) >= 11 is 4.99. The van der Waals surface area contributed by atoms with Crippen molar-refractivity contribution in [3.05, 3.63) is 69.4 Å². The standard InChI is InChI=1S/C29H33BrN2O5S/c1-4-13-32-14-12-28(22-6-5-7-25(15-22)36-20(2)33)17-24(10-11-29(28,19-32)37-21(3)34)31-27(35)9-8-26-16-23(30)18-38-26/h4-9,15-16,18,24H,1,10-14,17,19H2,2-3H3,(H,31,35)/t24-,28+,29+/m1/s1. The molecule has 0 radical (unpaired) electrons. The molecule has 9 heteroatoms. The Morgan fingerprint density at radius 3 is 2.74 bits per heavy atom. The lowest BCUT2D eigenvalue weighted by Crippen LogP contribution is -2.68. The number of benzene rings is 1. The number of nitrogens with zero attached hydrogens (tertiary/aromatic N) is 1. The number of ether oxygens (including phenoxy) is 2. The van der Waals surface area contributed by atoms with E-state index >= 15 is 0 Å². The van der Waals surface area contributed by atoms with E-state index < -0.39 is 17.0 Å². The summed E-state index contributed by atoms with van der Waals surface area (Å²) in [6.07, 6.45) is 7.80. The quantitative estimate of drug-likeness (QED) is 0.193.